The van der Waals surface area contributed by atoms with Crippen LogP contribution in [0.15, 0.2) is 12.4 Å². The van der Waals surface area contributed by atoms with Crippen molar-refractivity contribution in [1.82, 2.24) is 24.7 Å². The average Bonchev–Trinajstić information content (AvgIpc) is 3.08. The Hall–Kier alpha value is -2.05. The Morgan fingerprint density at radius 3 is 3.05 bits per heavy atom. The molecule has 0 unspecified atom stereocenters. The first kappa shape index (κ1) is 14.9. The smallest absolute Gasteiger partial charge is 0.317 e. The van der Waals surface area contributed by atoms with E-state index in [2.05, 4.69) is 14.9 Å². The van der Waals surface area contributed by atoms with Gasteiger partial charge in [-0.1, -0.05) is 0 Å². The molecule has 2 aliphatic rings. The number of fused-ring (bicyclic) bond motifs is 1. The highest BCUT2D eigenvalue weighted by atomic mass is 16.2. The van der Waals surface area contributed by atoms with Crippen LogP contribution in [-0.4, -0.2) is 64.5 Å². The Kier molecular flexibility index (Phi) is 4.04. The van der Waals surface area contributed by atoms with E-state index < -0.39 is 0 Å². The third kappa shape index (κ3) is 2.93. The minimum Gasteiger partial charge on any atom is -0.344 e. The zero-order valence-electron chi connectivity index (χ0n) is 13.2. The van der Waals surface area contributed by atoms with Gasteiger partial charge in [-0.15, -0.1) is 0 Å². The number of rotatable bonds is 3. The second kappa shape index (κ2) is 5.98. The standard InChI is InChI=1S/C15H23N5O2/c1-18-7-5-12(14(18)21)17-15(22)19(2)9-11-3-4-13-16-6-8-20(13)10-11/h6,8,11-12H,3-5,7,9-10H2,1-2H3,(H,17,22)/t11-,12-/m1/s1. The molecule has 3 rings (SSSR count). The van der Waals surface area contributed by atoms with Gasteiger partial charge in [0.25, 0.3) is 0 Å². The van der Waals surface area contributed by atoms with E-state index in [-0.39, 0.29) is 18.0 Å². The summed E-state index contributed by atoms with van der Waals surface area (Å²) in [5.74, 6) is 1.56. The maximum absolute atomic E-state index is 12.2. The van der Waals surface area contributed by atoms with Crippen molar-refractivity contribution in [2.75, 3.05) is 27.2 Å². The molecule has 1 N–H and O–H groups in total. The molecule has 2 atom stereocenters. The first-order chi connectivity index (χ1) is 10.5. The normalized spacial score (nSPS) is 24.3. The van der Waals surface area contributed by atoms with Crippen LogP contribution in [-0.2, 0) is 17.8 Å². The largest absolute Gasteiger partial charge is 0.344 e. The summed E-state index contributed by atoms with van der Waals surface area (Å²) in [7, 11) is 3.56. The molecule has 0 bridgehead atoms. The van der Waals surface area contributed by atoms with Crippen molar-refractivity contribution < 1.29 is 9.59 Å². The van der Waals surface area contributed by atoms with E-state index in [0.717, 1.165) is 25.2 Å². The first-order valence-corrected chi connectivity index (χ1v) is 7.81. The Labute approximate surface area is 130 Å². The van der Waals surface area contributed by atoms with Crippen molar-refractivity contribution >= 4 is 11.9 Å². The van der Waals surface area contributed by atoms with Crippen LogP contribution in [0.2, 0.25) is 0 Å². The van der Waals surface area contributed by atoms with E-state index in [9.17, 15) is 9.59 Å². The SMILES string of the molecule is CN(C[C@H]1CCc2nccn2C1)C(=O)N[C@@H]1CCN(C)C1=O. The summed E-state index contributed by atoms with van der Waals surface area (Å²) in [6, 6.07) is -0.531. The quantitative estimate of drug-likeness (QED) is 0.874. The Morgan fingerprint density at radius 1 is 1.50 bits per heavy atom. The van der Waals surface area contributed by atoms with Gasteiger partial charge in [0, 0.05) is 52.5 Å². The number of imidazole rings is 1. The zero-order chi connectivity index (χ0) is 15.7. The summed E-state index contributed by atoms with van der Waals surface area (Å²) < 4.78 is 2.16. The Bertz CT molecular complexity index is 570. The molecule has 22 heavy (non-hydrogen) atoms. The second-order valence-corrected chi connectivity index (χ2v) is 6.33. The molecule has 0 spiro atoms. The summed E-state index contributed by atoms with van der Waals surface area (Å²) >= 11 is 0. The number of aryl methyl sites for hydroxylation is 1. The lowest BCUT2D eigenvalue weighted by atomic mass is 9.99. The summed E-state index contributed by atoms with van der Waals surface area (Å²) in [5.41, 5.74) is 0. The topological polar surface area (TPSA) is 70.5 Å². The van der Waals surface area contributed by atoms with E-state index in [1.54, 1.807) is 23.9 Å². The fraction of sp³-hybridized carbons (Fsp3) is 0.667. The number of amides is 3. The molecular weight excluding hydrogens is 282 g/mol. The maximum Gasteiger partial charge on any atom is 0.317 e. The van der Waals surface area contributed by atoms with Gasteiger partial charge in [-0.05, 0) is 18.8 Å². The van der Waals surface area contributed by atoms with Crippen LogP contribution in [0.3, 0.4) is 0 Å². The molecule has 0 saturated carbocycles. The van der Waals surface area contributed by atoms with Crippen molar-refractivity contribution in [3.8, 4) is 0 Å². The van der Waals surface area contributed by atoms with Gasteiger partial charge >= 0.3 is 6.03 Å². The molecule has 1 saturated heterocycles. The highest BCUT2D eigenvalue weighted by molar-refractivity contribution is 5.88. The molecular formula is C15H23N5O2. The molecule has 0 radical (unpaired) electrons. The molecule has 2 aliphatic heterocycles. The predicted octanol–water partition coefficient (Wildman–Crippen LogP) is 0.318. The number of nitrogens with zero attached hydrogens (tertiary/aromatic N) is 4. The first-order valence-electron chi connectivity index (χ1n) is 7.81. The van der Waals surface area contributed by atoms with E-state index >= 15 is 0 Å². The number of aromatic nitrogens is 2. The van der Waals surface area contributed by atoms with E-state index in [1.807, 2.05) is 12.4 Å². The van der Waals surface area contributed by atoms with Crippen molar-refractivity contribution in [1.29, 1.82) is 0 Å². The maximum atomic E-state index is 12.2. The van der Waals surface area contributed by atoms with Crippen LogP contribution in [0.5, 0.6) is 0 Å². The molecule has 7 nitrogen and oxygen atoms in total. The monoisotopic (exact) mass is 305 g/mol. The molecule has 3 heterocycles. The summed E-state index contributed by atoms with van der Waals surface area (Å²) in [5, 5.41) is 2.84. The number of carbonyl (C=O) groups excluding carboxylic acids is 2. The minimum atomic E-state index is -0.369. The number of likely N-dealkylation sites (tertiary alicyclic amines) is 1. The van der Waals surface area contributed by atoms with Gasteiger partial charge in [-0.25, -0.2) is 9.78 Å². The summed E-state index contributed by atoms with van der Waals surface area (Å²) in [6.45, 7) is 2.30. The molecule has 7 heteroatoms. The van der Waals surface area contributed by atoms with Gasteiger partial charge in [0.2, 0.25) is 5.91 Å². The van der Waals surface area contributed by atoms with E-state index in [4.69, 9.17) is 0 Å². The highest BCUT2D eigenvalue weighted by Crippen LogP contribution is 2.19. The zero-order valence-corrected chi connectivity index (χ0v) is 13.2. The molecule has 1 aromatic rings. The van der Waals surface area contributed by atoms with Crippen LogP contribution >= 0.6 is 0 Å². The third-order valence-corrected chi connectivity index (χ3v) is 4.64. The Morgan fingerprint density at radius 2 is 2.32 bits per heavy atom. The molecule has 0 aromatic carbocycles. The predicted molar refractivity (Wildman–Crippen MR) is 81.2 cm³/mol. The number of hydrogen-bond acceptors (Lipinski definition) is 3. The number of likely N-dealkylation sites (N-methyl/N-ethyl adjacent to an activating group) is 1. The molecule has 1 fully saturated rings. The lowest BCUT2D eigenvalue weighted by Crippen LogP contribution is -2.47. The average molecular weight is 305 g/mol. The van der Waals surface area contributed by atoms with E-state index in [1.165, 1.54) is 0 Å². The van der Waals surface area contributed by atoms with Gasteiger partial charge < -0.3 is 19.7 Å². The van der Waals surface area contributed by atoms with Crippen molar-refractivity contribution in [3.63, 3.8) is 0 Å². The third-order valence-electron chi connectivity index (χ3n) is 4.64. The molecule has 120 valence electrons. The van der Waals surface area contributed by atoms with Crippen LogP contribution in [0.1, 0.15) is 18.7 Å². The van der Waals surface area contributed by atoms with Crippen LogP contribution in [0.4, 0.5) is 4.79 Å². The van der Waals surface area contributed by atoms with Crippen LogP contribution in [0.25, 0.3) is 0 Å². The number of hydrogen-bond donors (Lipinski definition) is 1. The van der Waals surface area contributed by atoms with Crippen LogP contribution < -0.4 is 5.32 Å². The fourth-order valence-corrected chi connectivity index (χ4v) is 3.27. The fourth-order valence-electron chi connectivity index (χ4n) is 3.27. The second-order valence-electron chi connectivity index (χ2n) is 6.33. The molecule has 0 aliphatic carbocycles. The summed E-state index contributed by atoms with van der Waals surface area (Å²) in [6.07, 6.45) is 6.51. The molecule has 1 aromatic heterocycles. The van der Waals surface area contributed by atoms with Gasteiger partial charge in [0.1, 0.15) is 11.9 Å². The van der Waals surface area contributed by atoms with Gasteiger partial charge in [0.15, 0.2) is 0 Å². The number of nitrogens with one attached hydrogen (secondary N) is 1. The molecule has 3 amide bonds. The minimum absolute atomic E-state index is 0.00229. The van der Waals surface area contributed by atoms with Gasteiger partial charge in [0.05, 0.1) is 0 Å². The van der Waals surface area contributed by atoms with Crippen molar-refractivity contribution in [2.24, 2.45) is 5.92 Å². The van der Waals surface area contributed by atoms with Crippen LogP contribution in [0, 0.1) is 5.92 Å². The van der Waals surface area contributed by atoms with Gasteiger partial charge in [-0.2, -0.15) is 0 Å². The Balaban J connectivity index is 1.51. The van der Waals surface area contributed by atoms with E-state index in [0.29, 0.717) is 25.4 Å². The lowest BCUT2D eigenvalue weighted by Gasteiger charge is -2.28. The number of urea groups is 1. The highest BCUT2D eigenvalue weighted by Gasteiger charge is 2.31. The summed E-state index contributed by atoms with van der Waals surface area (Å²) in [4.78, 5) is 31.8. The van der Waals surface area contributed by atoms with Gasteiger partial charge in [-0.3, -0.25) is 4.79 Å². The number of carbonyl (C=O) groups is 2. The van der Waals surface area contributed by atoms with Crippen molar-refractivity contribution in [3.05, 3.63) is 18.2 Å². The lowest BCUT2D eigenvalue weighted by molar-refractivity contribution is -0.128. The van der Waals surface area contributed by atoms with Crippen molar-refractivity contribution in [2.45, 2.75) is 31.8 Å².